The number of rotatable bonds is 6. The van der Waals surface area contributed by atoms with Crippen LogP contribution in [-0.4, -0.2) is 23.8 Å². The van der Waals surface area contributed by atoms with Gasteiger partial charge >= 0.3 is 0 Å². The Hall–Kier alpha value is -0.860. The third-order valence-electron chi connectivity index (χ3n) is 3.62. The van der Waals surface area contributed by atoms with Crippen molar-refractivity contribution in [3.63, 3.8) is 0 Å². The van der Waals surface area contributed by atoms with Crippen molar-refractivity contribution in [3.8, 4) is 0 Å². The molecule has 2 N–H and O–H groups in total. The Kier molecular flexibility index (Phi) is 4.94. The van der Waals surface area contributed by atoms with Crippen molar-refractivity contribution < 1.29 is 5.11 Å². The first kappa shape index (κ1) is 15.2. The van der Waals surface area contributed by atoms with E-state index in [2.05, 4.69) is 64.2 Å². The molecule has 0 aliphatic rings. The molecule has 0 fully saturated rings. The first-order valence-electron chi connectivity index (χ1n) is 6.70. The van der Waals surface area contributed by atoms with Crippen molar-refractivity contribution in [3.05, 3.63) is 35.4 Å². The summed E-state index contributed by atoms with van der Waals surface area (Å²) in [6, 6.07) is 8.55. The molecule has 0 bridgehead atoms. The summed E-state index contributed by atoms with van der Waals surface area (Å²) in [6.45, 7) is 12.1. The van der Waals surface area contributed by atoms with Gasteiger partial charge in [-0.3, -0.25) is 0 Å². The zero-order valence-corrected chi connectivity index (χ0v) is 12.4. The van der Waals surface area contributed by atoms with Crippen LogP contribution < -0.4 is 5.32 Å². The Morgan fingerprint density at radius 1 is 1.11 bits per heavy atom. The molecule has 0 heterocycles. The van der Waals surface area contributed by atoms with E-state index in [1.165, 1.54) is 11.1 Å². The number of aliphatic hydroxyl groups excluding tert-OH is 1. The average molecular weight is 249 g/mol. The summed E-state index contributed by atoms with van der Waals surface area (Å²) in [4.78, 5) is 0. The van der Waals surface area contributed by atoms with Crippen molar-refractivity contribution in [2.24, 2.45) is 0 Å². The maximum atomic E-state index is 9.05. The van der Waals surface area contributed by atoms with Crippen molar-refractivity contribution in [1.29, 1.82) is 0 Å². The second-order valence-corrected chi connectivity index (χ2v) is 6.41. The van der Waals surface area contributed by atoms with Gasteiger partial charge in [0.2, 0.25) is 0 Å². The number of aryl methyl sites for hydroxylation is 1. The summed E-state index contributed by atoms with van der Waals surface area (Å²) in [7, 11) is 0. The molecule has 2 heteroatoms. The molecule has 0 aromatic heterocycles. The summed E-state index contributed by atoms with van der Waals surface area (Å²) >= 11 is 0. The zero-order valence-electron chi connectivity index (χ0n) is 12.4. The first-order valence-corrected chi connectivity index (χ1v) is 6.70. The van der Waals surface area contributed by atoms with Crippen molar-refractivity contribution in [2.45, 2.75) is 52.0 Å². The lowest BCUT2D eigenvalue weighted by atomic mass is 9.81. The van der Waals surface area contributed by atoms with Gasteiger partial charge in [-0.1, -0.05) is 38.1 Å². The van der Waals surface area contributed by atoms with Gasteiger partial charge in [0, 0.05) is 24.1 Å². The van der Waals surface area contributed by atoms with Crippen LogP contribution in [0.2, 0.25) is 0 Å². The predicted molar refractivity (Wildman–Crippen MR) is 78.0 cm³/mol. The Morgan fingerprint density at radius 2 is 1.72 bits per heavy atom. The second-order valence-electron chi connectivity index (χ2n) is 6.41. The summed E-state index contributed by atoms with van der Waals surface area (Å²) in [6.07, 6.45) is 0.775. The summed E-state index contributed by atoms with van der Waals surface area (Å²) in [5, 5.41) is 12.6. The molecule has 0 aliphatic heterocycles. The lowest BCUT2D eigenvalue weighted by Gasteiger charge is -2.33. The molecule has 0 atom stereocenters. The van der Waals surface area contributed by atoms with Crippen LogP contribution in [-0.2, 0) is 5.41 Å². The van der Waals surface area contributed by atoms with Crippen molar-refractivity contribution in [1.82, 2.24) is 5.32 Å². The first-order chi connectivity index (χ1) is 8.28. The SMILES string of the molecule is Cc1ccccc1C(C)(C)CNC(C)(C)CCO. The molecule has 0 aliphatic carbocycles. The average Bonchev–Trinajstić information content (AvgIpc) is 2.27. The van der Waals surface area contributed by atoms with Gasteiger partial charge in [0.25, 0.3) is 0 Å². The van der Waals surface area contributed by atoms with Gasteiger partial charge in [-0.05, 0) is 38.3 Å². The lowest BCUT2D eigenvalue weighted by molar-refractivity contribution is 0.223. The topological polar surface area (TPSA) is 32.3 Å². The van der Waals surface area contributed by atoms with Crippen LogP contribution in [0.25, 0.3) is 0 Å². The highest BCUT2D eigenvalue weighted by molar-refractivity contribution is 5.32. The monoisotopic (exact) mass is 249 g/mol. The Balaban J connectivity index is 2.74. The van der Waals surface area contributed by atoms with Gasteiger partial charge in [-0.15, -0.1) is 0 Å². The van der Waals surface area contributed by atoms with Crippen LogP contribution in [0.3, 0.4) is 0 Å². The molecule has 1 aromatic carbocycles. The fraction of sp³-hybridized carbons (Fsp3) is 0.625. The van der Waals surface area contributed by atoms with Crippen molar-refractivity contribution >= 4 is 0 Å². The summed E-state index contributed by atoms with van der Waals surface area (Å²) in [5.74, 6) is 0. The Bertz CT molecular complexity index is 382. The molecule has 0 saturated heterocycles. The fourth-order valence-corrected chi connectivity index (χ4v) is 2.26. The van der Waals surface area contributed by atoms with E-state index in [0.29, 0.717) is 0 Å². The van der Waals surface area contributed by atoms with Crippen LogP contribution in [0, 0.1) is 6.92 Å². The predicted octanol–water partition coefficient (Wildman–Crippen LogP) is 3.02. The van der Waals surface area contributed by atoms with E-state index >= 15 is 0 Å². The minimum atomic E-state index is -0.0191. The molecule has 1 rings (SSSR count). The standard InChI is InChI=1S/C16H27NO/c1-13-8-6-7-9-14(13)15(2,3)12-17-16(4,5)10-11-18/h6-9,17-18H,10-12H2,1-5H3. The molecule has 18 heavy (non-hydrogen) atoms. The van der Waals surface area contributed by atoms with E-state index in [9.17, 15) is 0 Å². The number of hydrogen-bond acceptors (Lipinski definition) is 2. The second kappa shape index (κ2) is 5.85. The quantitative estimate of drug-likeness (QED) is 0.812. The third-order valence-corrected chi connectivity index (χ3v) is 3.62. The van der Waals surface area contributed by atoms with Crippen LogP contribution in [0.4, 0.5) is 0 Å². The van der Waals surface area contributed by atoms with E-state index < -0.39 is 0 Å². The maximum Gasteiger partial charge on any atom is 0.0448 e. The molecule has 2 nitrogen and oxygen atoms in total. The summed E-state index contributed by atoms with van der Waals surface area (Å²) < 4.78 is 0. The molecule has 0 spiro atoms. The minimum Gasteiger partial charge on any atom is -0.396 e. The molecular formula is C16H27NO. The third kappa shape index (κ3) is 4.11. The maximum absolute atomic E-state index is 9.05. The van der Waals surface area contributed by atoms with Gasteiger partial charge in [-0.25, -0.2) is 0 Å². The molecule has 0 amide bonds. The smallest absolute Gasteiger partial charge is 0.0448 e. The van der Waals surface area contributed by atoms with E-state index in [-0.39, 0.29) is 17.6 Å². The number of nitrogens with one attached hydrogen (secondary N) is 1. The fourth-order valence-electron chi connectivity index (χ4n) is 2.26. The largest absolute Gasteiger partial charge is 0.396 e. The molecule has 0 unspecified atom stereocenters. The van der Waals surface area contributed by atoms with Crippen LogP contribution >= 0.6 is 0 Å². The van der Waals surface area contributed by atoms with E-state index in [1.807, 2.05) is 0 Å². The van der Waals surface area contributed by atoms with Gasteiger partial charge in [0.15, 0.2) is 0 Å². The van der Waals surface area contributed by atoms with Crippen molar-refractivity contribution in [2.75, 3.05) is 13.2 Å². The van der Waals surface area contributed by atoms with Gasteiger partial charge < -0.3 is 10.4 Å². The Labute approximate surface area is 111 Å². The number of benzene rings is 1. The van der Waals surface area contributed by atoms with E-state index in [0.717, 1.165) is 13.0 Å². The highest BCUT2D eigenvalue weighted by atomic mass is 16.3. The van der Waals surface area contributed by atoms with Gasteiger partial charge in [0.05, 0.1) is 0 Å². The zero-order chi connectivity index (χ0) is 13.8. The molecule has 0 radical (unpaired) electrons. The summed E-state index contributed by atoms with van der Waals surface area (Å²) in [5.41, 5.74) is 2.80. The molecular weight excluding hydrogens is 222 g/mol. The number of aliphatic hydroxyl groups is 1. The van der Waals surface area contributed by atoms with Gasteiger partial charge in [0.1, 0.15) is 0 Å². The van der Waals surface area contributed by atoms with Gasteiger partial charge in [-0.2, -0.15) is 0 Å². The molecule has 1 aromatic rings. The Morgan fingerprint density at radius 3 is 2.28 bits per heavy atom. The van der Waals surface area contributed by atoms with Crippen LogP contribution in [0.1, 0.15) is 45.2 Å². The normalized spacial score (nSPS) is 12.8. The van der Waals surface area contributed by atoms with Crippen LogP contribution in [0.15, 0.2) is 24.3 Å². The highest BCUT2D eigenvalue weighted by Crippen LogP contribution is 2.26. The number of hydrogen-bond donors (Lipinski definition) is 2. The van der Waals surface area contributed by atoms with E-state index in [4.69, 9.17) is 5.11 Å². The minimum absolute atomic E-state index is 0.0191. The molecule has 0 saturated carbocycles. The van der Waals surface area contributed by atoms with E-state index in [1.54, 1.807) is 0 Å². The van der Waals surface area contributed by atoms with Crippen LogP contribution in [0.5, 0.6) is 0 Å². The molecule has 102 valence electrons. The lowest BCUT2D eigenvalue weighted by Crippen LogP contribution is -2.46. The highest BCUT2D eigenvalue weighted by Gasteiger charge is 2.25.